The molecule has 1 aliphatic rings. The fraction of sp³-hybridized carbons (Fsp3) is 0.636. The molecule has 3 N–H and O–H groups in total. The zero-order valence-electron chi connectivity index (χ0n) is 10.6. The van der Waals surface area contributed by atoms with Crippen LogP contribution in [0.15, 0.2) is 0 Å². The molecule has 0 radical (unpaired) electrons. The number of rotatable bonds is 5. The normalized spacial score (nSPS) is 16.8. The van der Waals surface area contributed by atoms with Crippen LogP contribution in [-0.4, -0.2) is 53.5 Å². The molecule has 8 nitrogen and oxygen atoms in total. The third kappa shape index (κ3) is 4.94. The molecule has 8 heteroatoms. The molecule has 19 heavy (non-hydrogen) atoms. The Hall–Kier alpha value is -2.12. The van der Waals surface area contributed by atoms with Crippen molar-refractivity contribution in [2.75, 3.05) is 19.6 Å². The number of amides is 4. The van der Waals surface area contributed by atoms with Crippen molar-refractivity contribution in [1.29, 1.82) is 0 Å². The summed E-state index contributed by atoms with van der Waals surface area (Å²) in [5.41, 5.74) is 0. The van der Waals surface area contributed by atoms with Crippen LogP contribution < -0.4 is 10.6 Å². The summed E-state index contributed by atoms with van der Waals surface area (Å²) in [5.74, 6) is -2.14. The molecule has 1 rings (SSSR count). The van der Waals surface area contributed by atoms with E-state index in [9.17, 15) is 19.2 Å². The van der Waals surface area contributed by atoms with Gasteiger partial charge in [-0.2, -0.15) is 0 Å². The summed E-state index contributed by atoms with van der Waals surface area (Å²) in [6.07, 6.45) is 0.586. The lowest BCUT2D eigenvalue weighted by Crippen LogP contribution is -2.56. The molecule has 0 aliphatic carbocycles. The number of carboxylic acids is 1. The highest BCUT2D eigenvalue weighted by molar-refractivity contribution is 6.02. The van der Waals surface area contributed by atoms with Crippen LogP contribution in [0.1, 0.15) is 19.8 Å². The highest BCUT2D eigenvalue weighted by Crippen LogP contribution is 2.07. The first-order chi connectivity index (χ1) is 8.92. The molecule has 4 amide bonds. The second-order valence-corrected chi connectivity index (χ2v) is 4.39. The molecule has 0 spiro atoms. The van der Waals surface area contributed by atoms with Crippen molar-refractivity contribution in [3.63, 3.8) is 0 Å². The molecule has 1 fully saturated rings. The zero-order chi connectivity index (χ0) is 14.4. The van der Waals surface area contributed by atoms with Crippen molar-refractivity contribution >= 4 is 23.8 Å². The van der Waals surface area contributed by atoms with E-state index in [0.29, 0.717) is 6.42 Å². The van der Waals surface area contributed by atoms with Crippen molar-refractivity contribution in [3.05, 3.63) is 0 Å². The molecule has 1 aliphatic heterocycles. The minimum absolute atomic E-state index is 0.0316. The SMILES string of the molecule is CCC(CNC(=O)N1CC(=O)NC(=O)C1)CC(=O)O. The van der Waals surface area contributed by atoms with Crippen molar-refractivity contribution in [2.24, 2.45) is 5.92 Å². The van der Waals surface area contributed by atoms with Gasteiger partial charge in [0.05, 0.1) is 0 Å². The van der Waals surface area contributed by atoms with Crippen LogP contribution in [0.4, 0.5) is 4.79 Å². The predicted molar refractivity (Wildman–Crippen MR) is 64.2 cm³/mol. The number of nitrogens with zero attached hydrogens (tertiary/aromatic N) is 1. The maximum atomic E-state index is 11.7. The van der Waals surface area contributed by atoms with Gasteiger partial charge in [-0.15, -0.1) is 0 Å². The number of urea groups is 1. The standard InChI is InChI=1S/C11H17N3O5/c1-2-7(3-10(17)18)4-12-11(19)14-5-8(15)13-9(16)6-14/h7H,2-6H2,1H3,(H,12,19)(H,17,18)(H,13,15,16). The third-order valence-corrected chi connectivity index (χ3v) is 2.82. The Kier molecular flexibility index (Phi) is 5.28. The van der Waals surface area contributed by atoms with E-state index < -0.39 is 23.8 Å². The van der Waals surface area contributed by atoms with Gasteiger partial charge in [0.2, 0.25) is 11.8 Å². The summed E-state index contributed by atoms with van der Waals surface area (Å²) in [4.78, 5) is 45.6. The first kappa shape index (κ1) is 14.9. The average molecular weight is 271 g/mol. The molecular weight excluding hydrogens is 254 g/mol. The lowest BCUT2D eigenvalue weighted by atomic mass is 10.0. The lowest BCUT2D eigenvalue weighted by Gasteiger charge is -2.26. The van der Waals surface area contributed by atoms with Crippen molar-refractivity contribution in [3.8, 4) is 0 Å². The van der Waals surface area contributed by atoms with Crippen molar-refractivity contribution in [2.45, 2.75) is 19.8 Å². The number of hydrogen-bond donors (Lipinski definition) is 3. The van der Waals surface area contributed by atoms with Crippen LogP contribution >= 0.6 is 0 Å². The van der Waals surface area contributed by atoms with Gasteiger partial charge in [0.25, 0.3) is 0 Å². The van der Waals surface area contributed by atoms with E-state index in [2.05, 4.69) is 10.6 Å². The molecule has 0 aromatic rings. The zero-order valence-corrected chi connectivity index (χ0v) is 10.6. The van der Waals surface area contributed by atoms with E-state index in [1.807, 2.05) is 6.92 Å². The molecular formula is C11H17N3O5. The number of carbonyl (C=O) groups excluding carboxylic acids is 3. The van der Waals surface area contributed by atoms with Gasteiger partial charge >= 0.3 is 12.0 Å². The molecule has 1 heterocycles. The number of nitrogens with one attached hydrogen (secondary N) is 2. The van der Waals surface area contributed by atoms with Gasteiger partial charge in [-0.05, 0) is 5.92 Å². The Morgan fingerprint density at radius 1 is 1.37 bits per heavy atom. The second kappa shape index (κ2) is 6.72. The van der Waals surface area contributed by atoms with Gasteiger partial charge in [0, 0.05) is 13.0 Å². The summed E-state index contributed by atoms with van der Waals surface area (Å²) in [5, 5.41) is 13.3. The number of piperazine rings is 1. The molecule has 1 saturated heterocycles. The molecule has 0 bridgehead atoms. The first-order valence-electron chi connectivity index (χ1n) is 5.99. The largest absolute Gasteiger partial charge is 0.481 e. The highest BCUT2D eigenvalue weighted by Gasteiger charge is 2.26. The highest BCUT2D eigenvalue weighted by atomic mass is 16.4. The maximum absolute atomic E-state index is 11.7. The summed E-state index contributed by atoms with van der Waals surface area (Å²) < 4.78 is 0. The minimum Gasteiger partial charge on any atom is -0.481 e. The van der Waals surface area contributed by atoms with E-state index >= 15 is 0 Å². The maximum Gasteiger partial charge on any atom is 0.318 e. The van der Waals surface area contributed by atoms with E-state index in [1.54, 1.807) is 0 Å². The first-order valence-corrected chi connectivity index (χ1v) is 5.99. The van der Waals surface area contributed by atoms with Crippen molar-refractivity contribution < 1.29 is 24.3 Å². The number of aliphatic carboxylic acids is 1. The molecule has 106 valence electrons. The Morgan fingerprint density at radius 3 is 2.42 bits per heavy atom. The fourth-order valence-corrected chi connectivity index (χ4v) is 1.73. The average Bonchev–Trinajstić information content (AvgIpc) is 2.32. The molecule has 1 atom stereocenters. The van der Waals surface area contributed by atoms with Gasteiger partial charge in [0.15, 0.2) is 0 Å². The summed E-state index contributed by atoms with van der Waals surface area (Å²) in [7, 11) is 0. The molecule has 0 saturated carbocycles. The quantitative estimate of drug-likeness (QED) is 0.563. The van der Waals surface area contributed by atoms with Crippen molar-refractivity contribution in [1.82, 2.24) is 15.5 Å². The van der Waals surface area contributed by atoms with Crippen LogP contribution in [0.3, 0.4) is 0 Å². The van der Waals surface area contributed by atoms with Gasteiger partial charge in [0.1, 0.15) is 13.1 Å². The number of carbonyl (C=O) groups is 4. The van der Waals surface area contributed by atoms with Gasteiger partial charge < -0.3 is 15.3 Å². The predicted octanol–water partition coefficient (Wildman–Crippen LogP) is -0.845. The minimum atomic E-state index is -0.923. The summed E-state index contributed by atoms with van der Waals surface area (Å²) in [6.45, 7) is 1.69. The van der Waals surface area contributed by atoms with E-state index in [-0.39, 0.29) is 32.0 Å². The smallest absolute Gasteiger partial charge is 0.318 e. The number of imide groups is 1. The van der Waals surface area contributed by atoms with E-state index in [0.717, 1.165) is 4.90 Å². The fourth-order valence-electron chi connectivity index (χ4n) is 1.73. The summed E-state index contributed by atoms with van der Waals surface area (Å²) >= 11 is 0. The second-order valence-electron chi connectivity index (χ2n) is 4.39. The van der Waals surface area contributed by atoms with Gasteiger partial charge in [-0.25, -0.2) is 4.79 Å². The van der Waals surface area contributed by atoms with Crippen LogP contribution in [0.5, 0.6) is 0 Å². The van der Waals surface area contributed by atoms with Crippen LogP contribution in [-0.2, 0) is 14.4 Å². The topological polar surface area (TPSA) is 116 Å². The van der Waals surface area contributed by atoms with Gasteiger partial charge in [-0.1, -0.05) is 13.3 Å². The number of carboxylic acid groups (broad SMARTS) is 1. The molecule has 0 aromatic carbocycles. The summed E-state index contributed by atoms with van der Waals surface area (Å²) in [6, 6.07) is -0.535. The van der Waals surface area contributed by atoms with Gasteiger partial charge in [-0.3, -0.25) is 19.7 Å². The third-order valence-electron chi connectivity index (χ3n) is 2.82. The lowest BCUT2D eigenvalue weighted by molar-refractivity contribution is -0.138. The van der Waals surface area contributed by atoms with Crippen LogP contribution in [0.25, 0.3) is 0 Å². The monoisotopic (exact) mass is 271 g/mol. The Bertz CT molecular complexity index is 380. The Balaban J connectivity index is 2.43. The van der Waals surface area contributed by atoms with E-state index in [4.69, 9.17) is 5.11 Å². The van der Waals surface area contributed by atoms with Crippen LogP contribution in [0, 0.1) is 5.92 Å². The molecule has 1 unspecified atom stereocenters. The Labute approximate surface area is 110 Å². The number of hydrogen-bond acceptors (Lipinski definition) is 4. The molecule has 0 aromatic heterocycles. The van der Waals surface area contributed by atoms with E-state index in [1.165, 1.54) is 0 Å². The van der Waals surface area contributed by atoms with Crippen LogP contribution in [0.2, 0.25) is 0 Å². The Morgan fingerprint density at radius 2 is 1.95 bits per heavy atom.